The molecule has 2 heterocycles. The Bertz CT molecular complexity index is 607. The van der Waals surface area contributed by atoms with Gasteiger partial charge in [-0.25, -0.2) is 0 Å². The van der Waals surface area contributed by atoms with Crippen LogP contribution in [-0.2, 0) is 7.05 Å². The third-order valence-electron chi connectivity index (χ3n) is 2.59. The minimum atomic E-state index is 0.221. The second-order valence-corrected chi connectivity index (χ2v) is 4.28. The molecule has 0 saturated carbocycles. The first-order chi connectivity index (χ1) is 8.50. The normalized spacial score (nSPS) is 10.4. The van der Waals surface area contributed by atoms with Gasteiger partial charge < -0.3 is 10.5 Å². The Balaban J connectivity index is 2.43. The summed E-state index contributed by atoms with van der Waals surface area (Å²) in [7, 11) is 1.85. The van der Waals surface area contributed by atoms with Gasteiger partial charge in [-0.3, -0.25) is 4.68 Å². The summed E-state index contributed by atoms with van der Waals surface area (Å²) in [6.07, 6.45) is 1.52. The van der Waals surface area contributed by atoms with E-state index in [4.69, 9.17) is 22.7 Å². The van der Waals surface area contributed by atoms with Crippen molar-refractivity contribution in [3.05, 3.63) is 29.2 Å². The molecule has 0 aliphatic heterocycles. The summed E-state index contributed by atoms with van der Waals surface area (Å²) in [4.78, 5) is 0.221. The SMILES string of the molecule is Cc1nn(C)c(C)c1Oc1nnccc1C(N)=S. The number of aryl methyl sites for hydroxylation is 2. The zero-order chi connectivity index (χ0) is 13.3. The molecule has 2 N–H and O–H groups in total. The lowest BCUT2D eigenvalue weighted by molar-refractivity contribution is 0.447. The monoisotopic (exact) mass is 263 g/mol. The zero-order valence-electron chi connectivity index (χ0n) is 10.3. The number of thiocarbonyl (C=S) groups is 1. The van der Waals surface area contributed by atoms with E-state index in [9.17, 15) is 0 Å². The molecular weight excluding hydrogens is 250 g/mol. The highest BCUT2D eigenvalue weighted by atomic mass is 32.1. The Hall–Kier alpha value is -2.02. The first-order valence-corrected chi connectivity index (χ1v) is 5.71. The van der Waals surface area contributed by atoms with Gasteiger partial charge in [0.2, 0.25) is 5.88 Å². The number of nitrogens with two attached hydrogens (primary N) is 1. The first kappa shape index (κ1) is 12.4. The summed E-state index contributed by atoms with van der Waals surface area (Å²) in [6, 6.07) is 1.67. The molecule has 0 aliphatic carbocycles. The largest absolute Gasteiger partial charge is 0.433 e. The quantitative estimate of drug-likeness (QED) is 0.840. The van der Waals surface area contributed by atoms with Gasteiger partial charge in [0.15, 0.2) is 5.75 Å². The third-order valence-corrected chi connectivity index (χ3v) is 2.81. The van der Waals surface area contributed by atoms with Crippen LogP contribution >= 0.6 is 12.2 Å². The maximum Gasteiger partial charge on any atom is 0.249 e. The van der Waals surface area contributed by atoms with Crippen molar-refractivity contribution in [1.82, 2.24) is 20.0 Å². The van der Waals surface area contributed by atoms with Gasteiger partial charge in [0, 0.05) is 7.05 Å². The molecule has 0 spiro atoms. The van der Waals surface area contributed by atoms with E-state index in [0.717, 1.165) is 11.4 Å². The molecule has 0 aromatic carbocycles. The minimum absolute atomic E-state index is 0.221. The van der Waals surface area contributed by atoms with Crippen LogP contribution in [0, 0.1) is 13.8 Å². The van der Waals surface area contributed by atoms with Crippen LogP contribution in [0.15, 0.2) is 12.3 Å². The lowest BCUT2D eigenvalue weighted by Gasteiger charge is -2.07. The summed E-state index contributed by atoms with van der Waals surface area (Å²) in [5, 5.41) is 11.9. The summed E-state index contributed by atoms with van der Waals surface area (Å²) in [5.41, 5.74) is 7.84. The van der Waals surface area contributed by atoms with Gasteiger partial charge in [-0.05, 0) is 19.9 Å². The Kier molecular flexibility index (Phi) is 3.24. The molecule has 2 aromatic heterocycles. The van der Waals surface area contributed by atoms with E-state index in [-0.39, 0.29) is 4.99 Å². The number of rotatable bonds is 3. The maximum absolute atomic E-state index is 5.73. The molecule has 7 heteroatoms. The molecule has 94 valence electrons. The van der Waals surface area contributed by atoms with Gasteiger partial charge in [-0.2, -0.15) is 10.2 Å². The summed E-state index contributed by atoms with van der Waals surface area (Å²) < 4.78 is 7.47. The molecule has 0 fully saturated rings. The second-order valence-electron chi connectivity index (χ2n) is 3.84. The zero-order valence-corrected chi connectivity index (χ0v) is 11.2. The Morgan fingerprint density at radius 1 is 1.44 bits per heavy atom. The summed E-state index contributed by atoms with van der Waals surface area (Å²) >= 11 is 4.95. The predicted octanol–water partition coefficient (Wildman–Crippen LogP) is 1.25. The fourth-order valence-corrected chi connectivity index (χ4v) is 1.74. The van der Waals surface area contributed by atoms with E-state index in [1.807, 2.05) is 20.9 Å². The molecule has 0 amide bonds. The fourth-order valence-electron chi connectivity index (χ4n) is 1.58. The van der Waals surface area contributed by atoms with Crippen LogP contribution < -0.4 is 10.5 Å². The van der Waals surface area contributed by atoms with Gasteiger partial charge >= 0.3 is 0 Å². The molecule has 0 unspecified atom stereocenters. The molecular formula is C11H13N5OS. The smallest absolute Gasteiger partial charge is 0.249 e. The van der Waals surface area contributed by atoms with Crippen LogP contribution in [0.1, 0.15) is 17.0 Å². The average molecular weight is 263 g/mol. The molecule has 0 atom stereocenters. The minimum Gasteiger partial charge on any atom is -0.433 e. The van der Waals surface area contributed by atoms with Gasteiger partial charge in [0.25, 0.3) is 0 Å². The van der Waals surface area contributed by atoms with Crippen molar-refractivity contribution in [3.8, 4) is 11.6 Å². The van der Waals surface area contributed by atoms with E-state index in [0.29, 0.717) is 17.2 Å². The lowest BCUT2D eigenvalue weighted by atomic mass is 10.3. The fraction of sp³-hybridized carbons (Fsp3) is 0.273. The lowest BCUT2D eigenvalue weighted by Crippen LogP contribution is -2.12. The highest BCUT2D eigenvalue weighted by Gasteiger charge is 2.15. The summed E-state index contributed by atoms with van der Waals surface area (Å²) in [6.45, 7) is 3.77. The number of nitrogens with zero attached hydrogens (tertiary/aromatic N) is 4. The van der Waals surface area contributed by atoms with Crippen LogP contribution in [0.5, 0.6) is 11.6 Å². The van der Waals surface area contributed by atoms with E-state index in [2.05, 4.69) is 15.3 Å². The van der Waals surface area contributed by atoms with E-state index in [1.54, 1.807) is 10.7 Å². The van der Waals surface area contributed by atoms with Crippen LogP contribution in [0.3, 0.4) is 0 Å². The molecule has 0 radical (unpaired) electrons. The van der Waals surface area contributed by atoms with Crippen LogP contribution in [0.4, 0.5) is 0 Å². The molecule has 0 aliphatic rings. The van der Waals surface area contributed by atoms with Crippen molar-refractivity contribution in [1.29, 1.82) is 0 Å². The predicted molar refractivity (Wildman–Crippen MR) is 70.7 cm³/mol. The van der Waals surface area contributed by atoms with Gasteiger partial charge in [-0.1, -0.05) is 12.2 Å². The second kappa shape index (κ2) is 4.69. The summed E-state index contributed by atoms with van der Waals surface area (Å²) in [5.74, 6) is 0.944. The molecule has 0 bridgehead atoms. The van der Waals surface area contributed by atoms with Crippen LogP contribution in [0.25, 0.3) is 0 Å². The topological polar surface area (TPSA) is 78.8 Å². The number of hydrogen-bond donors (Lipinski definition) is 1. The average Bonchev–Trinajstić information content (AvgIpc) is 2.56. The van der Waals surface area contributed by atoms with E-state index in [1.165, 1.54) is 6.20 Å². The molecule has 2 rings (SSSR count). The number of ether oxygens (including phenoxy) is 1. The Morgan fingerprint density at radius 2 is 2.17 bits per heavy atom. The molecule has 2 aromatic rings. The number of aromatic nitrogens is 4. The van der Waals surface area contributed by atoms with E-state index >= 15 is 0 Å². The van der Waals surface area contributed by atoms with Crippen LogP contribution in [0.2, 0.25) is 0 Å². The highest BCUT2D eigenvalue weighted by Crippen LogP contribution is 2.28. The van der Waals surface area contributed by atoms with Gasteiger partial charge in [0.05, 0.1) is 17.5 Å². The van der Waals surface area contributed by atoms with Crippen molar-refractivity contribution in [2.45, 2.75) is 13.8 Å². The van der Waals surface area contributed by atoms with Gasteiger partial charge in [-0.15, -0.1) is 5.10 Å². The first-order valence-electron chi connectivity index (χ1n) is 5.30. The van der Waals surface area contributed by atoms with Crippen molar-refractivity contribution >= 4 is 17.2 Å². The highest BCUT2D eigenvalue weighted by molar-refractivity contribution is 7.80. The molecule has 6 nitrogen and oxygen atoms in total. The molecule has 0 saturated heterocycles. The van der Waals surface area contributed by atoms with Crippen LogP contribution in [-0.4, -0.2) is 25.0 Å². The van der Waals surface area contributed by atoms with Crippen molar-refractivity contribution in [3.63, 3.8) is 0 Å². The Morgan fingerprint density at radius 3 is 2.72 bits per heavy atom. The van der Waals surface area contributed by atoms with Crippen molar-refractivity contribution < 1.29 is 4.74 Å². The number of hydrogen-bond acceptors (Lipinski definition) is 5. The Labute approximate surface area is 110 Å². The maximum atomic E-state index is 5.73. The van der Waals surface area contributed by atoms with E-state index < -0.39 is 0 Å². The molecule has 18 heavy (non-hydrogen) atoms. The third kappa shape index (κ3) is 2.17. The standard InChI is InChI=1S/C11H13N5OS/c1-6-9(7(2)16(3)15-6)17-11-8(10(12)18)4-5-13-14-11/h4-5H,1-3H3,(H2,12,18). The van der Waals surface area contributed by atoms with Gasteiger partial charge in [0.1, 0.15) is 10.7 Å². The van der Waals surface area contributed by atoms with Crippen molar-refractivity contribution in [2.75, 3.05) is 0 Å². The van der Waals surface area contributed by atoms with Crippen molar-refractivity contribution in [2.24, 2.45) is 12.8 Å².